The van der Waals surface area contributed by atoms with Crippen LogP contribution >= 0.6 is 0 Å². The highest BCUT2D eigenvalue weighted by Gasteiger charge is 2.09. The van der Waals surface area contributed by atoms with Crippen LogP contribution in [0.1, 0.15) is 5.56 Å². The Hall–Kier alpha value is -1.59. The highest BCUT2D eigenvalue weighted by molar-refractivity contribution is 5.91. The lowest BCUT2D eigenvalue weighted by molar-refractivity contribution is 0.185. The predicted octanol–water partition coefficient (Wildman–Crippen LogP) is 0.724. The number of nitrogens with zero attached hydrogens (tertiary/aromatic N) is 2. The van der Waals surface area contributed by atoms with Crippen molar-refractivity contribution in [3.8, 4) is 0 Å². The summed E-state index contributed by atoms with van der Waals surface area (Å²) >= 11 is 0. The molecule has 86 valence electrons. The van der Waals surface area contributed by atoms with Gasteiger partial charge in [-0.3, -0.25) is 4.68 Å². The molecule has 5 nitrogen and oxygen atoms in total. The number of aromatic nitrogens is 2. The average molecular weight is 220 g/mol. The van der Waals surface area contributed by atoms with E-state index in [4.69, 9.17) is 16.2 Å². The third-order valence-electron chi connectivity index (χ3n) is 2.57. The minimum Gasteiger partial charge on any atom is -0.397 e. The van der Waals surface area contributed by atoms with Crippen molar-refractivity contribution in [2.75, 3.05) is 19.4 Å². The molecule has 0 aliphatic carbocycles. The van der Waals surface area contributed by atoms with Crippen molar-refractivity contribution < 1.29 is 4.74 Å². The van der Waals surface area contributed by atoms with Gasteiger partial charge >= 0.3 is 0 Å². The quantitative estimate of drug-likeness (QED) is 0.744. The second-order valence-corrected chi connectivity index (χ2v) is 3.67. The van der Waals surface area contributed by atoms with Crippen LogP contribution < -0.4 is 11.5 Å². The number of benzene rings is 1. The number of fused-ring (bicyclic) bond motifs is 1. The monoisotopic (exact) mass is 220 g/mol. The van der Waals surface area contributed by atoms with Crippen LogP contribution in [0.5, 0.6) is 0 Å². The zero-order valence-electron chi connectivity index (χ0n) is 9.31. The Kier molecular flexibility index (Phi) is 3.07. The standard InChI is InChI=1S/C11H16N4O/c1-16-7-9-3-2-8-6-14-15(5-4-12)11(8)10(9)13/h2-3,6H,4-5,7,12-13H2,1H3. The van der Waals surface area contributed by atoms with Crippen LogP contribution in [0.4, 0.5) is 5.69 Å². The van der Waals surface area contributed by atoms with Crippen molar-refractivity contribution in [2.45, 2.75) is 13.2 Å². The molecule has 16 heavy (non-hydrogen) atoms. The second kappa shape index (κ2) is 4.51. The summed E-state index contributed by atoms with van der Waals surface area (Å²) in [6.07, 6.45) is 1.80. The van der Waals surface area contributed by atoms with Gasteiger partial charge in [-0.1, -0.05) is 12.1 Å². The van der Waals surface area contributed by atoms with Gasteiger partial charge in [-0.25, -0.2) is 0 Å². The van der Waals surface area contributed by atoms with Crippen LogP contribution in [0.3, 0.4) is 0 Å². The number of methoxy groups -OCH3 is 1. The van der Waals surface area contributed by atoms with E-state index >= 15 is 0 Å². The van der Waals surface area contributed by atoms with Gasteiger partial charge in [0.25, 0.3) is 0 Å². The molecule has 0 saturated carbocycles. The fourth-order valence-electron chi connectivity index (χ4n) is 1.82. The maximum Gasteiger partial charge on any atom is 0.0915 e. The number of ether oxygens (including phenoxy) is 1. The molecule has 0 atom stereocenters. The summed E-state index contributed by atoms with van der Waals surface area (Å²) in [4.78, 5) is 0. The van der Waals surface area contributed by atoms with Crippen LogP contribution in [-0.2, 0) is 17.9 Å². The van der Waals surface area contributed by atoms with Crippen LogP contribution in [0.15, 0.2) is 18.3 Å². The third-order valence-corrected chi connectivity index (χ3v) is 2.57. The van der Waals surface area contributed by atoms with E-state index in [0.717, 1.165) is 22.2 Å². The van der Waals surface area contributed by atoms with Gasteiger partial charge in [0.15, 0.2) is 0 Å². The van der Waals surface area contributed by atoms with Gasteiger partial charge in [0.1, 0.15) is 0 Å². The molecule has 1 aromatic heterocycles. The molecule has 2 aromatic rings. The molecule has 0 aliphatic heterocycles. The summed E-state index contributed by atoms with van der Waals surface area (Å²) in [6, 6.07) is 3.97. The molecule has 4 N–H and O–H groups in total. The first kappa shape index (κ1) is 10.9. The summed E-state index contributed by atoms with van der Waals surface area (Å²) in [5, 5.41) is 5.30. The predicted molar refractivity (Wildman–Crippen MR) is 63.9 cm³/mol. The van der Waals surface area contributed by atoms with Crippen LogP contribution in [0.25, 0.3) is 10.9 Å². The Bertz CT molecular complexity index is 492. The van der Waals surface area contributed by atoms with Crippen LogP contribution in [0, 0.1) is 0 Å². The molecule has 0 saturated heterocycles. The number of rotatable bonds is 4. The summed E-state index contributed by atoms with van der Waals surface area (Å²) in [5.74, 6) is 0. The van der Waals surface area contributed by atoms with Gasteiger partial charge in [-0.2, -0.15) is 5.10 Å². The van der Waals surface area contributed by atoms with Crippen molar-refractivity contribution >= 4 is 16.6 Å². The molecule has 5 heteroatoms. The molecule has 0 amide bonds. The van der Waals surface area contributed by atoms with Crippen molar-refractivity contribution in [3.05, 3.63) is 23.9 Å². The summed E-state index contributed by atoms with van der Waals surface area (Å²) in [6.45, 7) is 1.73. The van der Waals surface area contributed by atoms with Crippen LogP contribution in [0.2, 0.25) is 0 Å². The first-order valence-electron chi connectivity index (χ1n) is 5.19. The van der Waals surface area contributed by atoms with Gasteiger partial charge < -0.3 is 16.2 Å². The Balaban J connectivity index is 2.55. The van der Waals surface area contributed by atoms with Crippen molar-refractivity contribution in [3.63, 3.8) is 0 Å². The summed E-state index contributed by atoms with van der Waals surface area (Å²) in [7, 11) is 1.65. The van der Waals surface area contributed by atoms with Crippen molar-refractivity contribution in [2.24, 2.45) is 5.73 Å². The molecule has 0 bridgehead atoms. The van der Waals surface area contributed by atoms with E-state index in [9.17, 15) is 0 Å². The van der Waals surface area contributed by atoms with Gasteiger partial charge in [0.05, 0.1) is 30.6 Å². The smallest absolute Gasteiger partial charge is 0.0915 e. The molecule has 0 radical (unpaired) electrons. The lowest BCUT2D eigenvalue weighted by atomic mass is 10.1. The fraction of sp³-hybridized carbons (Fsp3) is 0.364. The number of nitrogen functional groups attached to an aromatic ring is 1. The van der Waals surface area contributed by atoms with E-state index in [1.807, 2.05) is 16.8 Å². The number of anilines is 1. The Morgan fingerprint density at radius 1 is 1.44 bits per heavy atom. The largest absolute Gasteiger partial charge is 0.397 e. The van der Waals surface area contributed by atoms with E-state index < -0.39 is 0 Å². The highest BCUT2D eigenvalue weighted by Crippen LogP contribution is 2.25. The number of hydrogen-bond donors (Lipinski definition) is 2. The molecular formula is C11H16N4O. The summed E-state index contributed by atoms with van der Waals surface area (Å²) < 4.78 is 6.94. The molecule has 2 rings (SSSR count). The van der Waals surface area contributed by atoms with E-state index in [1.165, 1.54) is 0 Å². The van der Waals surface area contributed by atoms with E-state index in [1.54, 1.807) is 13.3 Å². The highest BCUT2D eigenvalue weighted by atomic mass is 16.5. The fourth-order valence-corrected chi connectivity index (χ4v) is 1.82. The molecule has 0 spiro atoms. The first-order chi connectivity index (χ1) is 7.77. The molecular weight excluding hydrogens is 204 g/mol. The zero-order chi connectivity index (χ0) is 11.5. The SMILES string of the molecule is COCc1ccc2cnn(CCN)c2c1N. The summed E-state index contributed by atoms with van der Waals surface area (Å²) in [5.41, 5.74) is 14.3. The molecule has 0 unspecified atom stereocenters. The van der Waals surface area contributed by atoms with Gasteiger partial charge in [0, 0.05) is 24.6 Å². The van der Waals surface area contributed by atoms with Gasteiger partial charge in [0.2, 0.25) is 0 Å². The Morgan fingerprint density at radius 3 is 2.94 bits per heavy atom. The first-order valence-corrected chi connectivity index (χ1v) is 5.19. The van der Waals surface area contributed by atoms with Gasteiger partial charge in [-0.15, -0.1) is 0 Å². The zero-order valence-corrected chi connectivity index (χ0v) is 9.31. The van der Waals surface area contributed by atoms with E-state index in [0.29, 0.717) is 19.7 Å². The van der Waals surface area contributed by atoms with Crippen molar-refractivity contribution in [1.29, 1.82) is 0 Å². The van der Waals surface area contributed by atoms with Gasteiger partial charge in [-0.05, 0) is 0 Å². The van der Waals surface area contributed by atoms with Crippen molar-refractivity contribution in [1.82, 2.24) is 9.78 Å². The maximum atomic E-state index is 6.10. The minimum atomic E-state index is 0.510. The van der Waals surface area contributed by atoms with Crippen LogP contribution in [-0.4, -0.2) is 23.4 Å². The average Bonchev–Trinajstić information content (AvgIpc) is 2.67. The molecule has 1 aromatic carbocycles. The Labute approximate surface area is 94.0 Å². The molecule has 1 heterocycles. The second-order valence-electron chi connectivity index (χ2n) is 3.67. The molecule has 0 aliphatic rings. The number of hydrogen-bond acceptors (Lipinski definition) is 4. The third kappa shape index (κ3) is 1.75. The van der Waals surface area contributed by atoms with E-state index in [2.05, 4.69) is 5.10 Å². The minimum absolute atomic E-state index is 0.510. The lowest BCUT2D eigenvalue weighted by Gasteiger charge is -2.08. The Morgan fingerprint density at radius 2 is 2.25 bits per heavy atom. The van der Waals surface area contributed by atoms with E-state index in [-0.39, 0.29) is 0 Å². The lowest BCUT2D eigenvalue weighted by Crippen LogP contribution is -2.12. The molecule has 0 fully saturated rings. The number of nitrogens with two attached hydrogens (primary N) is 2. The topological polar surface area (TPSA) is 79.1 Å². The normalized spacial score (nSPS) is 11.1. The maximum absolute atomic E-state index is 6.10.